The van der Waals surface area contributed by atoms with Crippen LogP contribution in [0.25, 0.3) is 0 Å². The molecule has 0 fully saturated rings. The number of halogens is 6. The molecule has 2 radical (unpaired) electrons. The predicted octanol–water partition coefficient (Wildman–Crippen LogP) is -1.58. The molecular formula is C6BrF5Mg2. The first-order valence-electron chi connectivity index (χ1n) is 2.44. The number of hydrogen-bond donors (Lipinski definition) is 0. The van der Waals surface area contributed by atoms with Crippen LogP contribution < -0.4 is 17.0 Å². The average Bonchev–Trinajstić information content (AvgIpc) is 1.97. The minimum Gasteiger partial charge on any atom is -1.00 e. The zero-order valence-corrected chi connectivity index (χ0v) is 11.1. The van der Waals surface area contributed by atoms with Crippen LogP contribution in [0, 0.1) is 35.2 Å². The van der Waals surface area contributed by atoms with Crippen molar-refractivity contribution in [1.82, 2.24) is 0 Å². The van der Waals surface area contributed by atoms with E-state index in [1.165, 1.54) is 0 Å². The van der Waals surface area contributed by atoms with Gasteiger partial charge in [0.25, 0.3) is 0 Å². The molecule has 0 N–H and O–H groups in total. The van der Waals surface area contributed by atoms with Crippen molar-refractivity contribution in [3.05, 3.63) is 35.2 Å². The van der Waals surface area contributed by atoms with Gasteiger partial charge in [0.1, 0.15) is 0 Å². The summed E-state index contributed by atoms with van der Waals surface area (Å²) in [5.74, 6) is -10.0. The van der Waals surface area contributed by atoms with Crippen LogP contribution in [0.15, 0.2) is 0 Å². The van der Waals surface area contributed by atoms with Crippen molar-refractivity contribution in [2.45, 2.75) is 0 Å². The van der Waals surface area contributed by atoms with E-state index in [1.54, 1.807) is 0 Å². The first-order chi connectivity index (χ1) is 5.04. The van der Waals surface area contributed by atoms with Gasteiger partial charge in [-0.1, -0.05) is 0 Å². The maximum Gasteiger partial charge on any atom is 2.00 e. The average molecular weight is 296 g/mol. The van der Waals surface area contributed by atoms with Crippen LogP contribution in [0.5, 0.6) is 0 Å². The molecule has 1 rings (SSSR count). The molecule has 0 nitrogen and oxygen atoms in total. The molecule has 0 unspecified atom stereocenters. The van der Waals surface area contributed by atoms with E-state index in [1.807, 2.05) is 0 Å². The molecule has 0 atom stereocenters. The van der Waals surface area contributed by atoms with Gasteiger partial charge in [0.2, 0.25) is 0 Å². The largest absolute Gasteiger partial charge is 2.00 e. The van der Waals surface area contributed by atoms with Gasteiger partial charge in [0, 0.05) is 23.1 Å². The number of rotatable bonds is 0. The standard InChI is InChI=1S/C6F5.BrH.2Mg/c7-2-1-3(8)5(10)6(11)4(2)9;;;/h;1H;;/q-1;;;+2/p-1. The molecule has 0 aliphatic carbocycles. The summed E-state index contributed by atoms with van der Waals surface area (Å²) in [6.07, 6.45) is 0. The van der Waals surface area contributed by atoms with Crippen molar-refractivity contribution in [1.29, 1.82) is 0 Å². The SMILES string of the molecule is Fc1[c-]c(F)c(F)c(F)c1F.[Br-].[Mg+2].[Mg]. The van der Waals surface area contributed by atoms with Gasteiger partial charge in [-0.3, -0.25) is 8.78 Å². The first-order valence-corrected chi connectivity index (χ1v) is 2.44. The van der Waals surface area contributed by atoms with Crippen LogP contribution in [0.4, 0.5) is 22.0 Å². The van der Waals surface area contributed by atoms with E-state index in [-0.39, 0.29) is 63.1 Å². The van der Waals surface area contributed by atoms with Crippen LogP contribution in [0.3, 0.4) is 0 Å². The predicted molar refractivity (Wildman–Crippen MR) is 36.6 cm³/mol. The van der Waals surface area contributed by atoms with Gasteiger partial charge in [0.05, 0.1) is 29.1 Å². The Bertz CT molecular complexity index is 281. The molecule has 14 heavy (non-hydrogen) atoms. The maximum atomic E-state index is 12.0. The van der Waals surface area contributed by atoms with Crippen molar-refractivity contribution < 1.29 is 38.9 Å². The summed E-state index contributed by atoms with van der Waals surface area (Å²) in [6.45, 7) is 0. The van der Waals surface area contributed by atoms with Crippen LogP contribution in [0.1, 0.15) is 0 Å². The van der Waals surface area contributed by atoms with E-state index in [2.05, 4.69) is 0 Å². The van der Waals surface area contributed by atoms with E-state index >= 15 is 0 Å². The molecule has 8 heteroatoms. The summed E-state index contributed by atoms with van der Waals surface area (Å²) < 4.78 is 59.9. The topological polar surface area (TPSA) is 0 Å². The molecular weight excluding hydrogens is 296 g/mol. The monoisotopic (exact) mass is 294 g/mol. The molecule has 0 saturated heterocycles. The maximum absolute atomic E-state index is 12.0. The zero-order chi connectivity index (χ0) is 8.59. The van der Waals surface area contributed by atoms with E-state index in [9.17, 15) is 22.0 Å². The fraction of sp³-hybridized carbons (Fsp3) is 0. The van der Waals surface area contributed by atoms with E-state index in [0.29, 0.717) is 0 Å². The normalized spacial score (nSPS) is 8.07. The molecule has 0 aliphatic rings. The Morgan fingerprint density at radius 2 is 1.00 bits per heavy atom. The third-order valence-electron chi connectivity index (χ3n) is 0.990. The molecule has 0 spiro atoms. The second kappa shape index (κ2) is 8.08. The van der Waals surface area contributed by atoms with Gasteiger partial charge in [-0.2, -0.15) is 0 Å². The summed E-state index contributed by atoms with van der Waals surface area (Å²) in [5, 5.41) is 0. The van der Waals surface area contributed by atoms with Crippen LogP contribution >= 0.6 is 0 Å². The summed E-state index contributed by atoms with van der Waals surface area (Å²) in [6, 6.07) is 1.02. The Balaban J connectivity index is -0.000000403. The van der Waals surface area contributed by atoms with Gasteiger partial charge in [-0.05, 0) is 0 Å². The first kappa shape index (κ1) is 20.3. The molecule has 0 saturated carbocycles. The third-order valence-corrected chi connectivity index (χ3v) is 0.990. The van der Waals surface area contributed by atoms with Crippen molar-refractivity contribution in [2.75, 3.05) is 0 Å². The van der Waals surface area contributed by atoms with Gasteiger partial charge in [-0.15, -0.1) is 6.07 Å². The van der Waals surface area contributed by atoms with Crippen molar-refractivity contribution in [3.63, 3.8) is 0 Å². The molecule has 70 valence electrons. The smallest absolute Gasteiger partial charge is 1.00 e. The van der Waals surface area contributed by atoms with Crippen molar-refractivity contribution in [2.24, 2.45) is 0 Å². The molecule has 0 bridgehead atoms. The second-order valence-electron chi connectivity index (χ2n) is 1.69. The van der Waals surface area contributed by atoms with E-state index in [0.717, 1.165) is 6.07 Å². The molecule has 1 aromatic rings. The second-order valence-corrected chi connectivity index (χ2v) is 1.69. The molecule has 0 amide bonds. The summed E-state index contributed by atoms with van der Waals surface area (Å²) in [4.78, 5) is 0. The van der Waals surface area contributed by atoms with Gasteiger partial charge in [0.15, 0.2) is 0 Å². The van der Waals surface area contributed by atoms with E-state index in [4.69, 9.17) is 0 Å². The number of benzene rings is 1. The van der Waals surface area contributed by atoms with Crippen LogP contribution in [0.2, 0.25) is 0 Å². The quantitative estimate of drug-likeness (QED) is 0.178. The van der Waals surface area contributed by atoms with Gasteiger partial charge >= 0.3 is 23.1 Å². The van der Waals surface area contributed by atoms with Gasteiger partial charge < -0.3 is 17.0 Å². The van der Waals surface area contributed by atoms with Crippen molar-refractivity contribution in [3.8, 4) is 0 Å². The molecule has 1 aromatic carbocycles. The minimum absolute atomic E-state index is 0. The molecule has 0 aliphatic heterocycles. The zero-order valence-electron chi connectivity index (χ0n) is 6.68. The van der Waals surface area contributed by atoms with Crippen LogP contribution in [-0.4, -0.2) is 46.1 Å². The van der Waals surface area contributed by atoms with Gasteiger partial charge in [-0.25, -0.2) is 13.2 Å². The van der Waals surface area contributed by atoms with Crippen LogP contribution in [-0.2, 0) is 0 Å². The summed E-state index contributed by atoms with van der Waals surface area (Å²) in [5.41, 5.74) is 0. The molecule has 0 aromatic heterocycles. The number of hydrogen-bond acceptors (Lipinski definition) is 0. The third kappa shape index (κ3) is 4.17. The Kier molecular flexibility index (Phi) is 11.7. The van der Waals surface area contributed by atoms with Crippen molar-refractivity contribution >= 4 is 46.1 Å². The molecule has 0 heterocycles. The Labute approximate surface area is 119 Å². The Morgan fingerprint density at radius 3 is 1.29 bits per heavy atom. The fourth-order valence-electron chi connectivity index (χ4n) is 0.495. The Morgan fingerprint density at radius 1 is 0.714 bits per heavy atom. The fourth-order valence-corrected chi connectivity index (χ4v) is 0.495. The minimum atomic E-state index is -2.17. The van der Waals surface area contributed by atoms with E-state index < -0.39 is 29.1 Å². The Hall–Kier alpha value is 0.882. The summed E-state index contributed by atoms with van der Waals surface area (Å²) in [7, 11) is 0. The summed E-state index contributed by atoms with van der Waals surface area (Å²) >= 11 is 0.